The molecule has 0 atom stereocenters. The third-order valence-corrected chi connectivity index (χ3v) is 3.98. The van der Waals surface area contributed by atoms with Gasteiger partial charge in [-0.3, -0.25) is 4.79 Å². The number of aliphatic hydroxyl groups excluding tert-OH is 1. The number of anilines is 1. The second-order valence-corrected chi connectivity index (χ2v) is 6.79. The summed E-state index contributed by atoms with van der Waals surface area (Å²) in [5.74, 6) is 0. The lowest BCUT2D eigenvalue weighted by molar-refractivity contribution is 0.126. The molecule has 1 aliphatic carbocycles. The van der Waals surface area contributed by atoms with Crippen LogP contribution >= 0.6 is 11.6 Å². The highest BCUT2D eigenvalue weighted by Crippen LogP contribution is 2.25. The van der Waals surface area contributed by atoms with E-state index in [9.17, 15) is 9.90 Å². The van der Waals surface area contributed by atoms with E-state index in [0.717, 1.165) is 25.7 Å². The zero-order valence-corrected chi connectivity index (χ0v) is 12.9. The number of nitrogens with one attached hydrogen (secondary N) is 1. The number of nitrogens with zero attached hydrogens (tertiary/aromatic N) is 2. The van der Waals surface area contributed by atoms with E-state index in [2.05, 4.69) is 10.4 Å². The largest absolute Gasteiger partial charge is 0.393 e. The summed E-state index contributed by atoms with van der Waals surface area (Å²) in [7, 11) is 0. The molecule has 5 nitrogen and oxygen atoms in total. The molecule has 1 heterocycles. The van der Waals surface area contributed by atoms with Crippen LogP contribution in [-0.4, -0.2) is 27.0 Å². The first-order valence-electron chi connectivity index (χ1n) is 7.02. The molecule has 112 valence electrons. The van der Waals surface area contributed by atoms with Crippen LogP contribution in [0.2, 0.25) is 5.02 Å². The highest BCUT2D eigenvalue weighted by Gasteiger charge is 2.23. The van der Waals surface area contributed by atoms with Gasteiger partial charge in [-0.2, -0.15) is 5.10 Å². The standard InChI is InChI=1S/C14H22ClN3O2/c1-14(2,3)18-13(20)12(15)11(8-16-18)17-9-4-6-10(19)7-5-9/h8-10,17,19H,4-7H2,1-3H3. The minimum Gasteiger partial charge on any atom is -0.393 e. The molecule has 1 fully saturated rings. The summed E-state index contributed by atoms with van der Waals surface area (Å²) in [6, 6.07) is 0.239. The first-order chi connectivity index (χ1) is 9.29. The second kappa shape index (κ2) is 5.74. The summed E-state index contributed by atoms with van der Waals surface area (Å²) in [5, 5.41) is 17.1. The second-order valence-electron chi connectivity index (χ2n) is 6.41. The van der Waals surface area contributed by atoms with Crippen LogP contribution in [0, 0.1) is 0 Å². The Balaban J connectivity index is 2.18. The minimum atomic E-state index is -0.395. The highest BCUT2D eigenvalue weighted by atomic mass is 35.5. The van der Waals surface area contributed by atoms with Crippen molar-refractivity contribution in [1.29, 1.82) is 0 Å². The molecule has 1 saturated carbocycles. The van der Waals surface area contributed by atoms with Gasteiger partial charge in [0.25, 0.3) is 5.56 Å². The van der Waals surface area contributed by atoms with Crippen molar-refractivity contribution in [1.82, 2.24) is 9.78 Å². The Morgan fingerprint density at radius 1 is 1.35 bits per heavy atom. The molecule has 0 aliphatic heterocycles. The van der Waals surface area contributed by atoms with Gasteiger partial charge in [0.2, 0.25) is 0 Å². The van der Waals surface area contributed by atoms with Crippen molar-refractivity contribution < 1.29 is 5.11 Å². The van der Waals surface area contributed by atoms with Crippen molar-refractivity contribution >= 4 is 17.3 Å². The summed E-state index contributed by atoms with van der Waals surface area (Å²) in [4.78, 5) is 12.2. The maximum atomic E-state index is 12.2. The molecule has 0 aromatic carbocycles. The zero-order valence-electron chi connectivity index (χ0n) is 12.2. The van der Waals surface area contributed by atoms with Crippen LogP contribution in [0.1, 0.15) is 46.5 Å². The van der Waals surface area contributed by atoms with Gasteiger partial charge in [-0.25, -0.2) is 4.68 Å². The molecule has 2 N–H and O–H groups in total. The van der Waals surface area contributed by atoms with Crippen LogP contribution < -0.4 is 10.9 Å². The van der Waals surface area contributed by atoms with E-state index in [0.29, 0.717) is 5.69 Å². The molecule has 6 heteroatoms. The van der Waals surface area contributed by atoms with E-state index in [-0.39, 0.29) is 22.7 Å². The molecule has 20 heavy (non-hydrogen) atoms. The number of aromatic nitrogens is 2. The lowest BCUT2D eigenvalue weighted by Gasteiger charge is -2.27. The average Bonchev–Trinajstić information content (AvgIpc) is 2.36. The van der Waals surface area contributed by atoms with Gasteiger partial charge < -0.3 is 10.4 Å². The topological polar surface area (TPSA) is 67.2 Å². The normalized spacial score (nSPS) is 23.6. The third-order valence-electron chi connectivity index (χ3n) is 3.61. The summed E-state index contributed by atoms with van der Waals surface area (Å²) < 4.78 is 1.39. The van der Waals surface area contributed by atoms with E-state index in [1.165, 1.54) is 4.68 Å². The minimum absolute atomic E-state index is 0.182. The van der Waals surface area contributed by atoms with Gasteiger partial charge in [-0.05, 0) is 46.5 Å². The predicted octanol–water partition coefficient (Wildman–Crippen LogP) is 2.37. The van der Waals surface area contributed by atoms with Crippen molar-refractivity contribution in [3.05, 3.63) is 21.6 Å². The molecule has 0 unspecified atom stereocenters. The summed E-state index contributed by atoms with van der Waals surface area (Å²) in [6.07, 6.45) is 4.72. The molecule has 1 aromatic heterocycles. The van der Waals surface area contributed by atoms with Crippen LogP contribution in [0.4, 0.5) is 5.69 Å². The monoisotopic (exact) mass is 299 g/mol. The van der Waals surface area contributed by atoms with Gasteiger partial charge in [-0.15, -0.1) is 0 Å². The van der Waals surface area contributed by atoms with Gasteiger partial charge in [0.1, 0.15) is 5.02 Å². The van der Waals surface area contributed by atoms with Gasteiger partial charge in [0, 0.05) is 6.04 Å². The maximum absolute atomic E-state index is 12.2. The van der Waals surface area contributed by atoms with Crippen molar-refractivity contribution in [3.8, 4) is 0 Å². The Kier molecular flexibility index (Phi) is 4.39. The van der Waals surface area contributed by atoms with Gasteiger partial charge in [0.05, 0.1) is 23.5 Å². The van der Waals surface area contributed by atoms with Crippen LogP contribution in [0.3, 0.4) is 0 Å². The number of hydrogen-bond donors (Lipinski definition) is 2. The SMILES string of the molecule is CC(C)(C)n1ncc(NC2CCC(O)CC2)c(Cl)c1=O. The van der Waals surface area contributed by atoms with Crippen molar-refractivity contribution in [3.63, 3.8) is 0 Å². The molecule has 0 radical (unpaired) electrons. The fourth-order valence-electron chi connectivity index (χ4n) is 2.45. The van der Waals surface area contributed by atoms with Crippen molar-refractivity contribution in [2.75, 3.05) is 5.32 Å². The van der Waals surface area contributed by atoms with E-state index in [1.807, 2.05) is 20.8 Å². The zero-order chi connectivity index (χ0) is 14.9. The van der Waals surface area contributed by atoms with Crippen LogP contribution in [0.25, 0.3) is 0 Å². The molecule has 1 aliphatic rings. The Bertz CT molecular complexity index is 528. The van der Waals surface area contributed by atoms with Gasteiger partial charge >= 0.3 is 0 Å². The molecule has 0 saturated heterocycles. The first-order valence-corrected chi connectivity index (χ1v) is 7.40. The number of aliphatic hydroxyl groups is 1. The Labute approximate surface area is 124 Å². The van der Waals surface area contributed by atoms with Gasteiger partial charge in [0.15, 0.2) is 0 Å². The maximum Gasteiger partial charge on any atom is 0.288 e. The average molecular weight is 300 g/mol. The lowest BCUT2D eigenvalue weighted by atomic mass is 9.93. The summed E-state index contributed by atoms with van der Waals surface area (Å²) >= 11 is 6.17. The smallest absolute Gasteiger partial charge is 0.288 e. The van der Waals surface area contributed by atoms with Crippen LogP contribution in [0.15, 0.2) is 11.0 Å². The van der Waals surface area contributed by atoms with Crippen molar-refractivity contribution in [2.24, 2.45) is 0 Å². The molecular weight excluding hydrogens is 278 g/mol. The molecule has 0 amide bonds. The molecular formula is C14H22ClN3O2. The fraction of sp³-hybridized carbons (Fsp3) is 0.714. The van der Waals surface area contributed by atoms with Crippen LogP contribution in [-0.2, 0) is 5.54 Å². The van der Waals surface area contributed by atoms with E-state index >= 15 is 0 Å². The fourth-order valence-corrected chi connectivity index (χ4v) is 2.63. The number of halogens is 1. The van der Waals surface area contributed by atoms with Crippen LogP contribution in [0.5, 0.6) is 0 Å². The first kappa shape index (κ1) is 15.3. The number of rotatable bonds is 2. The lowest BCUT2D eigenvalue weighted by Crippen LogP contribution is -2.37. The van der Waals surface area contributed by atoms with Crippen molar-refractivity contribution in [2.45, 2.75) is 64.1 Å². The van der Waals surface area contributed by atoms with E-state index in [4.69, 9.17) is 11.6 Å². The third kappa shape index (κ3) is 3.33. The molecule has 0 spiro atoms. The Hall–Kier alpha value is -1.07. The summed E-state index contributed by atoms with van der Waals surface area (Å²) in [5.41, 5.74) is -0.0904. The molecule has 2 rings (SSSR count). The molecule has 1 aromatic rings. The van der Waals surface area contributed by atoms with Gasteiger partial charge in [-0.1, -0.05) is 11.6 Å². The van der Waals surface area contributed by atoms with E-state index < -0.39 is 5.54 Å². The predicted molar refractivity (Wildman–Crippen MR) is 80.4 cm³/mol. The molecule has 0 bridgehead atoms. The summed E-state index contributed by atoms with van der Waals surface area (Å²) in [6.45, 7) is 5.73. The number of hydrogen-bond acceptors (Lipinski definition) is 4. The Morgan fingerprint density at radius 3 is 2.50 bits per heavy atom. The Morgan fingerprint density at radius 2 is 1.95 bits per heavy atom. The van der Waals surface area contributed by atoms with E-state index in [1.54, 1.807) is 6.20 Å². The quantitative estimate of drug-likeness (QED) is 0.880. The highest BCUT2D eigenvalue weighted by molar-refractivity contribution is 6.32.